The summed E-state index contributed by atoms with van der Waals surface area (Å²) >= 11 is 0. The van der Waals surface area contributed by atoms with Crippen LogP contribution in [0.25, 0.3) is 0 Å². The first-order valence-corrected chi connectivity index (χ1v) is 9.15. The predicted molar refractivity (Wildman–Crippen MR) is 101 cm³/mol. The van der Waals surface area contributed by atoms with Crippen LogP contribution in [0.5, 0.6) is 5.75 Å². The Morgan fingerprint density at radius 1 is 1.23 bits per heavy atom. The average Bonchev–Trinajstić information content (AvgIpc) is 2.85. The van der Waals surface area contributed by atoms with Crippen LogP contribution < -0.4 is 4.74 Å². The molecule has 1 aromatic rings. The Morgan fingerprint density at radius 3 is 2.46 bits per heavy atom. The van der Waals surface area contributed by atoms with Gasteiger partial charge in [-0.25, -0.2) is 0 Å². The van der Waals surface area contributed by atoms with Gasteiger partial charge in [0.15, 0.2) is 11.5 Å². The van der Waals surface area contributed by atoms with Crippen molar-refractivity contribution in [3.05, 3.63) is 41.2 Å². The fourth-order valence-corrected chi connectivity index (χ4v) is 3.27. The topological polar surface area (TPSA) is 66.8 Å². The molecule has 1 unspecified atom stereocenters. The molecular formula is C21H29NO4. The fourth-order valence-electron chi connectivity index (χ4n) is 3.27. The number of para-hydroxylation sites is 1. The molecule has 0 saturated carbocycles. The lowest BCUT2D eigenvalue weighted by atomic mass is 9.82. The van der Waals surface area contributed by atoms with E-state index in [1.54, 1.807) is 38.8 Å². The molecule has 5 nitrogen and oxygen atoms in total. The molecule has 1 aromatic carbocycles. The van der Waals surface area contributed by atoms with Gasteiger partial charge in [0, 0.05) is 17.5 Å². The number of unbranched alkanes of at least 4 members (excludes halogenated alkanes) is 2. The van der Waals surface area contributed by atoms with Crippen molar-refractivity contribution in [2.24, 2.45) is 5.41 Å². The largest absolute Gasteiger partial charge is 0.503 e. The zero-order chi connectivity index (χ0) is 19.5. The molecule has 0 radical (unpaired) electrons. The van der Waals surface area contributed by atoms with E-state index in [4.69, 9.17) is 4.74 Å². The number of ketones is 1. The van der Waals surface area contributed by atoms with Crippen molar-refractivity contribution in [1.29, 1.82) is 0 Å². The number of methoxy groups -OCH3 is 1. The minimum atomic E-state index is -0.705. The van der Waals surface area contributed by atoms with Gasteiger partial charge in [-0.3, -0.25) is 9.59 Å². The Bertz CT molecular complexity index is 715. The number of carbonyl (C=O) groups is 2. The number of aliphatic hydroxyl groups excluding tert-OH is 1. The summed E-state index contributed by atoms with van der Waals surface area (Å²) in [5, 5.41) is 10.5. The van der Waals surface area contributed by atoms with Gasteiger partial charge in [-0.15, -0.1) is 0 Å². The highest BCUT2D eigenvalue weighted by Crippen LogP contribution is 2.43. The standard InChI is InChI=1S/C21H29NO4/c1-6-7-10-13-22-17(14-11-8-9-12-15(14)26-5)16(18(23)20(22)25)19(24)21(2,3)4/h8-9,11-12,17,23H,6-7,10,13H2,1-5H3. The Hall–Kier alpha value is -2.30. The summed E-state index contributed by atoms with van der Waals surface area (Å²) in [5.74, 6) is -0.543. The van der Waals surface area contributed by atoms with Crippen LogP contribution >= 0.6 is 0 Å². The monoisotopic (exact) mass is 359 g/mol. The van der Waals surface area contributed by atoms with Crippen LogP contribution in [-0.2, 0) is 9.59 Å². The Morgan fingerprint density at radius 2 is 1.88 bits per heavy atom. The second-order valence-electron chi connectivity index (χ2n) is 7.69. The van der Waals surface area contributed by atoms with E-state index in [9.17, 15) is 14.7 Å². The smallest absolute Gasteiger partial charge is 0.290 e. The van der Waals surface area contributed by atoms with Gasteiger partial charge in [0.2, 0.25) is 0 Å². The maximum absolute atomic E-state index is 13.0. The second kappa shape index (κ2) is 7.94. The number of carbonyl (C=O) groups excluding carboxylic acids is 2. The van der Waals surface area contributed by atoms with Gasteiger partial charge < -0.3 is 14.7 Å². The van der Waals surface area contributed by atoms with Crippen molar-refractivity contribution < 1.29 is 19.4 Å². The minimum Gasteiger partial charge on any atom is -0.503 e. The number of Topliss-reactive ketones (excluding diaryl/α,β-unsaturated/α-hetero) is 1. The number of hydrogen-bond donors (Lipinski definition) is 1. The van der Waals surface area contributed by atoms with Crippen molar-refractivity contribution in [2.75, 3.05) is 13.7 Å². The molecule has 1 amide bonds. The van der Waals surface area contributed by atoms with Gasteiger partial charge >= 0.3 is 0 Å². The van der Waals surface area contributed by atoms with Crippen LogP contribution in [0.2, 0.25) is 0 Å². The van der Waals surface area contributed by atoms with Crippen molar-refractivity contribution in [3.63, 3.8) is 0 Å². The summed E-state index contributed by atoms with van der Waals surface area (Å²) in [7, 11) is 1.56. The minimum absolute atomic E-state index is 0.170. The third kappa shape index (κ3) is 3.76. The number of amides is 1. The number of aliphatic hydroxyl groups is 1. The van der Waals surface area contributed by atoms with Crippen LogP contribution in [-0.4, -0.2) is 35.4 Å². The van der Waals surface area contributed by atoms with Gasteiger partial charge in [-0.1, -0.05) is 58.7 Å². The number of hydrogen-bond acceptors (Lipinski definition) is 4. The maximum Gasteiger partial charge on any atom is 0.290 e. The van der Waals surface area contributed by atoms with Crippen LogP contribution in [0, 0.1) is 5.41 Å². The number of nitrogens with zero attached hydrogens (tertiary/aromatic N) is 1. The van der Waals surface area contributed by atoms with E-state index in [0.29, 0.717) is 12.3 Å². The SMILES string of the molecule is CCCCCN1C(=O)C(O)=C(C(=O)C(C)(C)C)C1c1ccccc1OC. The Kier molecular flexibility index (Phi) is 6.11. The fraction of sp³-hybridized carbons (Fsp3) is 0.524. The van der Waals surface area contributed by atoms with E-state index in [-0.39, 0.29) is 11.4 Å². The molecule has 0 saturated heterocycles. The summed E-state index contributed by atoms with van der Waals surface area (Å²) in [4.78, 5) is 27.4. The molecule has 0 fully saturated rings. The highest BCUT2D eigenvalue weighted by atomic mass is 16.5. The number of ether oxygens (including phenoxy) is 1. The first-order valence-electron chi connectivity index (χ1n) is 9.15. The van der Waals surface area contributed by atoms with Gasteiger partial charge in [0.25, 0.3) is 5.91 Å². The van der Waals surface area contributed by atoms with E-state index < -0.39 is 23.1 Å². The zero-order valence-corrected chi connectivity index (χ0v) is 16.3. The van der Waals surface area contributed by atoms with E-state index in [0.717, 1.165) is 24.8 Å². The third-order valence-electron chi connectivity index (χ3n) is 4.67. The molecule has 1 N–H and O–H groups in total. The van der Waals surface area contributed by atoms with Crippen molar-refractivity contribution in [3.8, 4) is 5.75 Å². The van der Waals surface area contributed by atoms with Gasteiger partial charge in [-0.2, -0.15) is 0 Å². The molecule has 1 heterocycles. The molecule has 0 aliphatic carbocycles. The van der Waals surface area contributed by atoms with E-state index in [2.05, 4.69) is 6.92 Å². The second-order valence-corrected chi connectivity index (χ2v) is 7.69. The lowest BCUT2D eigenvalue weighted by molar-refractivity contribution is -0.129. The molecule has 0 aromatic heterocycles. The highest BCUT2D eigenvalue weighted by Gasteiger charge is 2.46. The Labute approximate surface area is 155 Å². The zero-order valence-electron chi connectivity index (χ0n) is 16.3. The summed E-state index contributed by atoms with van der Waals surface area (Å²) in [6.45, 7) is 7.95. The van der Waals surface area contributed by atoms with Gasteiger partial charge in [-0.05, 0) is 12.5 Å². The van der Waals surface area contributed by atoms with E-state index >= 15 is 0 Å². The quantitative estimate of drug-likeness (QED) is 0.741. The molecule has 1 atom stereocenters. The lowest BCUT2D eigenvalue weighted by Crippen LogP contribution is -2.33. The molecule has 1 aliphatic rings. The van der Waals surface area contributed by atoms with Crippen molar-refractivity contribution >= 4 is 11.7 Å². The predicted octanol–water partition coefficient (Wildman–Crippen LogP) is 4.20. The summed E-state index contributed by atoms with van der Waals surface area (Å²) in [6, 6.07) is 6.72. The van der Waals surface area contributed by atoms with Gasteiger partial charge in [0.05, 0.1) is 18.7 Å². The molecule has 1 aliphatic heterocycles. The highest BCUT2D eigenvalue weighted by molar-refractivity contribution is 6.10. The first-order chi connectivity index (χ1) is 12.2. The molecule has 2 rings (SSSR count). The summed E-state index contributed by atoms with van der Waals surface area (Å²) in [5.41, 5.74) is 0.184. The van der Waals surface area contributed by atoms with Crippen LogP contribution in [0.1, 0.15) is 58.6 Å². The maximum atomic E-state index is 13.0. The Balaban J connectivity index is 2.56. The summed E-state index contributed by atoms with van der Waals surface area (Å²) < 4.78 is 5.46. The van der Waals surface area contributed by atoms with Crippen LogP contribution in [0.4, 0.5) is 0 Å². The van der Waals surface area contributed by atoms with Gasteiger partial charge in [0.1, 0.15) is 5.75 Å². The summed E-state index contributed by atoms with van der Waals surface area (Å²) in [6.07, 6.45) is 2.82. The van der Waals surface area contributed by atoms with Crippen molar-refractivity contribution in [1.82, 2.24) is 4.90 Å². The average molecular weight is 359 g/mol. The van der Waals surface area contributed by atoms with Crippen LogP contribution in [0.3, 0.4) is 0 Å². The number of rotatable bonds is 7. The molecule has 26 heavy (non-hydrogen) atoms. The third-order valence-corrected chi connectivity index (χ3v) is 4.67. The van der Waals surface area contributed by atoms with E-state index in [1.165, 1.54) is 0 Å². The van der Waals surface area contributed by atoms with E-state index in [1.807, 2.05) is 18.2 Å². The normalized spacial score (nSPS) is 17.8. The molecule has 0 bridgehead atoms. The number of benzene rings is 1. The molecule has 5 heteroatoms. The van der Waals surface area contributed by atoms with Crippen molar-refractivity contribution in [2.45, 2.75) is 53.0 Å². The first kappa shape index (κ1) is 20.0. The van der Waals surface area contributed by atoms with Crippen LogP contribution in [0.15, 0.2) is 35.6 Å². The molecule has 0 spiro atoms. The molecular weight excluding hydrogens is 330 g/mol. The molecule has 142 valence electrons. The lowest BCUT2D eigenvalue weighted by Gasteiger charge is -2.29.